The third-order valence-electron chi connectivity index (χ3n) is 3.52. The number of aromatic nitrogens is 2. The first-order valence-corrected chi connectivity index (χ1v) is 7.19. The molecule has 0 unspecified atom stereocenters. The van der Waals surface area contributed by atoms with E-state index < -0.39 is 4.92 Å². The van der Waals surface area contributed by atoms with E-state index >= 15 is 0 Å². The van der Waals surface area contributed by atoms with Crippen LogP contribution in [0.3, 0.4) is 0 Å². The molecule has 2 aromatic heterocycles. The number of aromatic hydroxyl groups is 1. The second-order valence-corrected chi connectivity index (χ2v) is 5.20. The maximum atomic E-state index is 12.0. The molecule has 24 heavy (non-hydrogen) atoms. The Bertz CT molecular complexity index is 919. The summed E-state index contributed by atoms with van der Waals surface area (Å²) in [5.74, 6) is -0.291. The van der Waals surface area contributed by atoms with Crippen molar-refractivity contribution < 1.29 is 14.8 Å². The normalized spacial score (nSPS) is 10.7. The number of nitro benzene ring substituents is 1. The Morgan fingerprint density at radius 2 is 2.08 bits per heavy atom. The number of fused-ring (bicyclic) bond motifs is 1. The number of nitrogens with one attached hydrogen (secondary N) is 1. The van der Waals surface area contributed by atoms with E-state index in [1.165, 1.54) is 12.1 Å². The van der Waals surface area contributed by atoms with Crippen molar-refractivity contribution in [2.45, 2.75) is 13.0 Å². The van der Waals surface area contributed by atoms with Crippen molar-refractivity contribution in [3.05, 3.63) is 70.2 Å². The lowest BCUT2D eigenvalue weighted by molar-refractivity contribution is -0.385. The first-order valence-electron chi connectivity index (χ1n) is 7.19. The molecule has 0 aliphatic rings. The number of nitro groups is 1. The lowest BCUT2D eigenvalue weighted by atomic mass is 10.1. The molecule has 0 saturated heterocycles. The molecule has 0 aliphatic heterocycles. The Labute approximate surface area is 136 Å². The number of nitrogens with zero attached hydrogens (tertiary/aromatic N) is 3. The largest absolute Gasteiger partial charge is 0.504 e. The van der Waals surface area contributed by atoms with Gasteiger partial charge in [0.05, 0.1) is 23.6 Å². The van der Waals surface area contributed by atoms with Gasteiger partial charge in [-0.25, -0.2) is 4.98 Å². The molecular weight excluding hydrogens is 312 g/mol. The predicted molar refractivity (Wildman–Crippen MR) is 85.5 cm³/mol. The van der Waals surface area contributed by atoms with Crippen LogP contribution >= 0.6 is 0 Å². The second kappa shape index (κ2) is 6.37. The number of imidazole rings is 1. The Balaban J connectivity index is 1.67. The fraction of sp³-hybridized carbons (Fsp3) is 0.125. The molecule has 1 amide bonds. The third kappa shape index (κ3) is 3.17. The topological polar surface area (TPSA) is 110 Å². The van der Waals surface area contributed by atoms with Crippen molar-refractivity contribution in [2.24, 2.45) is 0 Å². The number of para-hydroxylation sites is 1. The predicted octanol–water partition coefficient (Wildman–Crippen LogP) is 1.81. The SMILES string of the molecule is O=C(Cc1ccccc1[N+](=O)[O-])NCc1cn2cccc(O)c2n1. The Hall–Kier alpha value is -3.42. The number of hydrogen-bond acceptors (Lipinski definition) is 5. The first kappa shape index (κ1) is 15.5. The zero-order valence-electron chi connectivity index (χ0n) is 12.5. The number of hydrogen-bond donors (Lipinski definition) is 2. The van der Waals surface area contributed by atoms with Gasteiger partial charge in [-0.2, -0.15) is 0 Å². The molecule has 0 fully saturated rings. The average Bonchev–Trinajstić information content (AvgIpc) is 2.98. The average molecular weight is 326 g/mol. The van der Waals surface area contributed by atoms with Crippen LogP contribution < -0.4 is 5.32 Å². The van der Waals surface area contributed by atoms with E-state index in [0.29, 0.717) is 16.9 Å². The van der Waals surface area contributed by atoms with E-state index in [0.717, 1.165) is 0 Å². The van der Waals surface area contributed by atoms with Gasteiger partial charge in [0.2, 0.25) is 5.91 Å². The fourth-order valence-electron chi connectivity index (χ4n) is 2.40. The molecule has 0 bridgehead atoms. The molecule has 0 atom stereocenters. The molecule has 8 nitrogen and oxygen atoms in total. The van der Waals surface area contributed by atoms with Crippen LogP contribution in [0.15, 0.2) is 48.8 Å². The summed E-state index contributed by atoms with van der Waals surface area (Å²) in [5.41, 5.74) is 1.26. The van der Waals surface area contributed by atoms with Crippen molar-refractivity contribution in [1.82, 2.24) is 14.7 Å². The summed E-state index contributed by atoms with van der Waals surface area (Å²) < 4.78 is 1.65. The maximum absolute atomic E-state index is 12.0. The van der Waals surface area contributed by atoms with E-state index in [2.05, 4.69) is 10.3 Å². The third-order valence-corrected chi connectivity index (χ3v) is 3.52. The van der Waals surface area contributed by atoms with Gasteiger partial charge in [-0.05, 0) is 12.1 Å². The fourth-order valence-corrected chi connectivity index (χ4v) is 2.40. The van der Waals surface area contributed by atoms with Gasteiger partial charge < -0.3 is 14.8 Å². The van der Waals surface area contributed by atoms with Gasteiger partial charge in [0.15, 0.2) is 11.4 Å². The Kier molecular flexibility index (Phi) is 4.11. The summed E-state index contributed by atoms with van der Waals surface area (Å²) in [6, 6.07) is 9.34. The monoisotopic (exact) mass is 326 g/mol. The summed E-state index contributed by atoms with van der Waals surface area (Å²) in [7, 11) is 0. The molecule has 0 radical (unpaired) electrons. The highest BCUT2D eigenvalue weighted by molar-refractivity contribution is 5.79. The molecule has 0 spiro atoms. The van der Waals surface area contributed by atoms with Gasteiger partial charge >= 0.3 is 0 Å². The van der Waals surface area contributed by atoms with Crippen LogP contribution in [0.5, 0.6) is 5.75 Å². The molecule has 3 rings (SSSR count). The summed E-state index contributed by atoms with van der Waals surface area (Å²) in [4.78, 5) is 26.7. The van der Waals surface area contributed by atoms with Crippen LogP contribution in [0.25, 0.3) is 5.65 Å². The van der Waals surface area contributed by atoms with Gasteiger partial charge in [-0.1, -0.05) is 18.2 Å². The zero-order valence-corrected chi connectivity index (χ0v) is 12.5. The van der Waals surface area contributed by atoms with Gasteiger partial charge in [-0.15, -0.1) is 0 Å². The second-order valence-electron chi connectivity index (χ2n) is 5.20. The van der Waals surface area contributed by atoms with E-state index in [1.807, 2.05) is 0 Å². The number of pyridine rings is 1. The summed E-state index contributed by atoms with van der Waals surface area (Å²) in [6.07, 6.45) is 3.34. The molecule has 3 aromatic rings. The minimum absolute atomic E-state index is 0.0509. The smallest absolute Gasteiger partial charge is 0.273 e. The van der Waals surface area contributed by atoms with Crippen LogP contribution in [0.1, 0.15) is 11.3 Å². The van der Waals surface area contributed by atoms with E-state index in [-0.39, 0.29) is 30.3 Å². The lowest BCUT2D eigenvalue weighted by Gasteiger charge is -2.04. The highest BCUT2D eigenvalue weighted by Gasteiger charge is 2.15. The van der Waals surface area contributed by atoms with Crippen LogP contribution in [-0.2, 0) is 17.8 Å². The van der Waals surface area contributed by atoms with E-state index in [1.54, 1.807) is 41.1 Å². The molecule has 122 valence electrons. The first-order chi connectivity index (χ1) is 11.5. The molecular formula is C16H14N4O4. The van der Waals surface area contributed by atoms with Crippen LogP contribution in [0.2, 0.25) is 0 Å². The van der Waals surface area contributed by atoms with Gasteiger partial charge in [0.1, 0.15) is 0 Å². The van der Waals surface area contributed by atoms with Crippen molar-refractivity contribution in [2.75, 3.05) is 0 Å². The van der Waals surface area contributed by atoms with Crippen LogP contribution in [0.4, 0.5) is 5.69 Å². The minimum Gasteiger partial charge on any atom is -0.504 e. The standard InChI is InChI=1S/C16H14N4O4/c21-14-6-3-7-19-10-12(18-16(14)19)9-17-15(22)8-11-4-1-2-5-13(11)20(23)24/h1-7,10,21H,8-9H2,(H,17,22). The van der Waals surface area contributed by atoms with E-state index in [4.69, 9.17) is 0 Å². The van der Waals surface area contributed by atoms with Gasteiger partial charge in [0.25, 0.3) is 5.69 Å². The Morgan fingerprint density at radius 3 is 2.83 bits per heavy atom. The summed E-state index contributed by atoms with van der Waals surface area (Å²) >= 11 is 0. The van der Waals surface area contributed by atoms with Crippen LogP contribution in [-0.4, -0.2) is 25.3 Å². The lowest BCUT2D eigenvalue weighted by Crippen LogP contribution is -2.25. The van der Waals surface area contributed by atoms with E-state index in [9.17, 15) is 20.0 Å². The highest BCUT2D eigenvalue weighted by Crippen LogP contribution is 2.18. The number of benzene rings is 1. The number of carbonyl (C=O) groups excluding carboxylic acids is 1. The maximum Gasteiger partial charge on any atom is 0.273 e. The number of rotatable bonds is 5. The molecule has 0 saturated carbocycles. The van der Waals surface area contributed by atoms with Crippen molar-refractivity contribution >= 4 is 17.2 Å². The number of amides is 1. The van der Waals surface area contributed by atoms with Gasteiger partial charge in [-0.3, -0.25) is 14.9 Å². The molecule has 2 heterocycles. The summed E-state index contributed by atoms with van der Waals surface area (Å²) in [5, 5.41) is 23.3. The number of carbonyl (C=O) groups is 1. The van der Waals surface area contributed by atoms with Gasteiger partial charge in [0, 0.05) is 24.0 Å². The molecule has 1 aromatic carbocycles. The molecule has 0 aliphatic carbocycles. The zero-order chi connectivity index (χ0) is 17.1. The summed E-state index contributed by atoms with van der Waals surface area (Å²) in [6.45, 7) is 0.167. The quantitative estimate of drug-likeness (QED) is 0.549. The van der Waals surface area contributed by atoms with Crippen molar-refractivity contribution in [3.63, 3.8) is 0 Å². The Morgan fingerprint density at radius 1 is 1.29 bits per heavy atom. The minimum atomic E-state index is -0.506. The molecule has 8 heteroatoms. The highest BCUT2D eigenvalue weighted by atomic mass is 16.6. The van der Waals surface area contributed by atoms with Crippen molar-refractivity contribution in [3.8, 4) is 5.75 Å². The van der Waals surface area contributed by atoms with Crippen molar-refractivity contribution in [1.29, 1.82) is 0 Å². The van der Waals surface area contributed by atoms with Crippen LogP contribution in [0, 0.1) is 10.1 Å². The molecule has 2 N–H and O–H groups in total.